The van der Waals surface area contributed by atoms with Gasteiger partial charge in [0, 0.05) is 23.0 Å². The summed E-state index contributed by atoms with van der Waals surface area (Å²) in [5, 5.41) is 16.2. The lowest BCUT2D eigenvalue weighted by atomic mass is 10.1. The highest BCUT2D eigenvalue weighted by Gasteiger charge is 2.15. The summed E-state index contributed by atoms with van der Waals surface area (Å²) in [7, 11) is 0. The number of phenols is 1. The van der Waals surface area contributed by atoms with Crippen LogP contribution in [0.3, 0.4) is 0 Å². The number of carbonyl (C=O) groups is 2. The van der Waals surface area contributed by atoms with E-state index in [4.69, 9.17) is 0 Å². The van der Waals surface area contributed by atoms with Gasteiger partial charge in [-0.25, -0.2) is 4.39 Å². The summed E-state index contributed by atoms with van der Waals surface area (Å²) < 4.78 is 12.8. The second-order valence-corrected chi connectivity index (χ2v) is 5.76. The third-order valence-electron chi connectivity index (χ3n) is 3.97. The van der Waals surface area contributed by atoms with Crippen molar-refractivity contribution in [3.8, 4) is 5.75 Å². The summed E-state index contributed by atoms with van der Waals surface area (Å²) >= 11 is 0. The Balaban J connectivity index is 1.60. The van der Waals surface area contributed by atoms with E-state index in [0.717, 1.165) is 5.56 Å². The lowest BCUT2D eigenvalue weighted by molar-refractivity contribution is -0.136. The Morgan fingerprint density at radius 1 is 0.885 bits per heavy atom. The average molecular weight is 352 g/mol. The van der Waals surface area contributed by atoms with Crippen LogP contribution in [0.25, 0.3) is 10.8 Å². The van der Waals surface area contributed by atoms with E-state index in [-0.39, 0.29) is 18.1 Å². The molecule has 0 saturated heterocycles. The minimum absolute atomic E-state index is 0.0994. The van der Waals surface area contributed by atoms with Gasteiger partial charge < -0.3 is 15.7 Å². The summed E-state index contributed by atoms with van der Waals surface area (Å²) in [4.78, 5) is 24.1. The van der Waals surface area contributed by atoms with Crippen molar-refractivity contribution in [1.29, 1.82) is 0 Å². The number of rotatable bonds is 4. The van der Waals surface area contributed by atoms with E-state index in [1.165, 1.54) is 12.1 Å². The highest BCUT2D eigenvalue weighted by Crippen LogP contribution is 2.29. The molecule has 3 rings (SSSR count). The van der Waals surface area contributed by atoms with Gasteiger partial charge in [0.2, 0.25) is 0 Å². The van der Waals surface area contributed by atoms with Crippen LogP contribution in [0, 0.1) is 5.82 Å². The second kappa shape index (κ2) is 7.65. The Morgan fingerprint density at radius 3 is 2.35 bits per heavy atom. The molecule has 3 N–H and O–H groups in total. The number of hydrogen-bond acceptors (Lipinski definition) is 3. The summed E-state index contributed by atoms with van der Waals surface area (Å²) in [5.74, 6) is -1.77. The molecule has 5 nitrogen and oxygen atoms in total. The fraction of sp³-hybridized carbons (Fsp3) is 0.100. The van der Waals surface area contributed by atoms with Crippen molar-refractivity contribution in [3.63, 3.8) is 0 Å². The number of anilines is 1. The van der Waals surface area contributed by atoms with Crippen molar-refractivity contribution in [2.45, 2.75) is 6.42 Å². The molecule has 0 radical (unpaired) electrons. The molecule has 0 aliphatic heterocycles. The minimum atomic E-state index is -0.792. The molecule has 0 aliphatic rings. The molecule has 132 valence electrons. The largest absolute Gasteiger partial charge is 0.507 e. The topological polar surface area (TPSA) is 78.4 Å². The average Bonchev–Trinajstić information content (AvgIpc) is 2.64. The molecule has 0 bridgehead atoms. The third kappa shape index (κ3) is 3.97. The molecule has 0 saturated carbocycles. The van der Waals surface area contributed by atoms with E-state index in [1.54, 1.807) is 48.5 Å². The molecular formula is C20H17FN2O3. The van der Waals surface area contributed by atoms with Gasteiger partial charge in [-0.3, -0.25) is 9.59 Å². The Hall–Kier alpha value is -3.41. The summed E-state index contributed by atoms with van der Waals surface area (Å²) in [6.45, 7) is 0.258. The number of benzene rings is 3. The minimum Gasteiger partial charge on any atom is -0.507 e. The molecular weight excluding hydrogens is 335 g/mol. The molecule has 0 unspecified atom stereocenters. The van der Waals surface area contributed by atoms with Gasteiger partial charge >= 0.3 is 11.8 Å². The van der Waals surface area contributed by atoms with Gasteiger partial charge in [0.05, 0.1) is 0 Å². The zero-order valence-electron chi connectivity index (χ0n) is 13.8. The van der Waals surface area contributed by atoms with E-state index in [9.17, 15) is 19.1 Å². The Bertz CT molecular complexity index is 955. The Kier molecular flexibility index (Phi) is 5.12. The van der Waals surface area contributed by atoms with Crippen LogP contribution in [0.15, 0.2) is 60.7 Å². The van der Waals surface area contributed by atoms with Gasteiger partial charge in [0.25, 0.3) is 0 Å². The number of phenolic OH excluding ortho intramolecular Hbond substituents is 1. The van der Waals surface area contributed by atoms with Gasteiger partial charge in [0.1, 0.15) is 11.6 Å². The van der Waals surface area contributed by atoms with Crippen molar-refractivity contribution in [3.05, 3.63) is 72.0 Å². The highest BCUT2D eigenvalue weighted by atomic mass is 19.1. The van der Waals surface area contributed by atoms with Crippen molar-refractivity contribution >= 4 is 28.3 Å². The van der Waals surface area contributed by atoms with Crippen LogP contribution in [0.4, 0.5) is 10.1 Å². The number of halogens is 1. The zero-order valence-corrected chi connectivity index (χ0v) is 13.8. The molecule has 0 spiro atoms. The fourth-order valence-electron chi connectivity index (χ4n) is 2.63. The smallest absolute Gasteiger partial charge is 0.313 e. The fourth-order valence-corrected chi connectivity index (χ4v) is 2.63. The number of carbonyl (C=O) groups excluding carboxylic acids is 2. The molecule has 3 aromatic rings. The number of amides is 2. The van der Waals surface area contributed by atoms with E-state index >= 15 is 0 Å². The lowest BCUT2D eigenvalue weighted by Gasteiger charge is -2.10. The Labute approximate surface area is 149 Å². The molecule has 0 aromatic heterocycles. The van der Waals surface area contributed by atoms with E-state index in [1.807, 2.05) is 0 Å². The molecule has 0 fully saturated rings. The number of fused-ring (bicyclic) bond motifs is 1. The standard InChI is InChI=1S/C20H17FN2O3/c21-14-9-7-13(8-10-14)11-12-22-19(25)20(26)23-17-5-1-4-16-15(17)3-2-6-18(16)24/h1-10,24H,11-12H2,(H,22,25)(H,23,26). The van der Waals surface area contributed by atoms with Crippen LogP contribution in [0.1, 0.15) is 5.56 Å². The quantitative estimate of drug-likeness (QED) is 0.632. The van der Waals surface area contributed by atoms with Crippen LogP contribution in [-0.4, -0.2) is 23.5 Å². The van der Waals surface area contributed by atoms with Gasteiger partial charge in [0.15, 0.2) is 0 Å². The summed E-state index contributed by atoms with van der Waals surface area (Å²) in [6, 6.07) is 16.0. The zero-order chi connectivity index (χ0) is 18.5. The third-order valence-corrected chi connectivity index (χ3v) is 3.97. The maximum absolute atomic E-state index is 12.8. The number of aromatic hydroxyl groups is 1. The normalized spacial score (nSPS) is 10.5. The van der Waals surface area contributed by atoms with Crippen molar-refractivity contribution < 1.29 is 19.1 Å². The first-order valence-corrected chi connectivity index (χ1v) is 8.09. The molecule has 3 aromatic carbocycles. The van der Waals surface area contributed by atoms with Crippen LogP contribution < -0.4 is 10.6 Å². The van der Waals surface area contributed by atoms with Crippen molar-refractivity contribution in [2.24, 2.45) is 0 Å². The van der Waals surface area contributed by atoms with E-state index < -0.39 is 11.8 Å². The predicted octanol–water partition coefficient (Wildman–Crippen LogP) is 2.98. The molecule has 0 atom stereocenters. The van der Waals surface area contributed by atoms with E-state index in [2.05, 4.69) is 10.6 Å². The Morgan fingerprint density at radius 2 is 1.58 bits per heavy atom. The first-order chi connectivity index (χ1) is 12.5. The molecule has 0 heterocycles. The number of nitrogens with one attached hydrogen (secondary N) is 2. The van der Waals surface area contributed by atoms with E-state index in [0.29, 0.717) is 22.9 Å². The highest BCUT2D eigenvalue weighted by molar-refractivity contribution is 6.40. The molecule has 6 heteroatoms. The van der Waals surface area contributed by atoms with Gasteiger partial charge in [-0.15, -0.1) is 0 Å². The van der Waals surface area contributed by atoms with Crippen LogP contribution >= 0.6 is 0 Å². The number of hydrogen-bond donors (Lipinski definition) is 3. The molecule has 0 aliphatic carbocycles. The molecule has 2 amide bonds. The van der Waals surface area contributed by atoms with Crippen molar-refractivity contribution in [2.75, 3.05) is 11.9 Å². The maximum atomic E-state index is 12.8. The maximum Gasteiger partial charge on any atom is 0.313 e. The lowest BCUT2D eigenvalue weighted by Crippen LogP contribution is -2.36. The van der Waals surface area contributed by atoms with Gasteiger partial charge in [-0.2, -0.15) is 0 Å². The second-order valence-electron chi connectivity index (χ2n) is 5.76. The van der Waals surface area contributed by atoms with Crippen LogP contribution in [0.2, 0.25) is 0 Å². The van der Waals surface area contributed by atoms with Gasteiger partial charge in [-0.05, 0) is 36.2 Å². The van der Waals surface area contributed by atoms with Crippen LogP contribution in [-0.2, 0) is 16.0 Å². The summed E-state index contributed by atoms with van der Waals surface area (Å²) in [5.41, 5.74) is 1.30. The first-order valence-electron chi connectivity index (χ1n) is 8.09. The predicted molar refractivity (Wildman–Crippen MR) is 97.4 cm³/mol. The SMILES string of the molecule is O=C(NCCc1ccc(F)cc1)C(=O)Nc1cccc2c(O)cccc12. The van der Waals surface area contributed by atoms with Crippen molar-refractivity contribution in [1.82, 2.24) is 5.32 Å². The van der Waals surface area contributed by atoms with Gasteiger partial charge in [-0.1, -0.05) is 36.4 Å². The van der Waals surface area contributed by atoms with Crippen LogP contribution in [0.5, 0.6) is 5.75 Å². The summed E-state index contributed by atoms with van der Waals surface area (Å²) in [6.07, 6.45) is 0.488. The molecule has 26 heavy (non-hydrogen) atoms. The first kappa shape index (κ1) is 17.4. The monoisotopic (exact) mass is 352 g/mol.